The molecule has 1 atom stereocenters. The molecule has 1 saturated heterocycles. The third-order valence-corrected chi connectivity index (χ3v) is 5.52. The Kier molecular flexibility index (Phi) is 4.56. The number of hydrogen-bond donors (Lipinski definition) is 0. The molecule has 0 radical (unpaired) electrons. The van der Waals surface area contributed by atoms with E-state index in [9.17, 15) is 19.2 Å². The number of para-hydroxylation sites is 1. The summed E-state index contributed by atoms with van der Waals surface area (Å²) >= 11 is 0. The first-order valence-electron chi connectivity index (χ1n) is 9.50. The number of ether oxygens (including phenoxy) is 2. The Morgan fingerprint density at radius 3 is 2.68 bits per heavy atom. The molecular weight excluding hydrogens is 364 g/mol. The molecule has 0 aromatic heterocycles. The second kappa shape index (κ2) is 6.92. The highest BCUT2D eigenvalue weighted by Crippen LogP contribution is 2.49. The van der Waals surface area contributed by atoms with Gasteiger partial charge in [0.05, 0.1) is 25.0 Å². The number of methoxy groups -OCH3 is 1. The van der Waals surface area contributed by atoms with Gasteiger partial charge >= 0.3 is 11.9 Å². The minimum Gasteiger partial charge on any atom is -0.469 e. The standard InChI is InChI=1S/C20H22N2O6/c1-27-17(24)7-4-12-28-19(26)20-11-10-16(23)22(20)15-6-3-2-5-14(15)18(25)21(20)13-8-9-13/h2-3,5-6,13H,4,7-12H2,1H3/t20-/m0/s1. The van der Waals surface area contributed by atoms with Crippen molar-refractivity contribution in [1.29, 1.82) is 0 Å². The number of carbonyl (C=O) groups is 4. The Morgan fingerprint density at radius 1 is 1.21 bits per heavy atom. The van der Waals surface area contributed by atoms with Crippen molar-refractivity contribution in [2.75, 3.05) is 18.6 Å². The van der Waals surface area contributed by atoms with Crippen LogP contribution in [0.3, 0.4) is 0 Å². The Balaban J connectivity index is 1.66. The fourth-order valence-corrected chi connectivity index (χ4v) is 4.11. The highest BCUT2D eigenvalue weighted by molar-refractivity contribution is 6.15. The van der Waals surface area contributed by atoms with Gasteiger partial charge in [-0.15, -0.1) is 0 Å². The van der Waals surface area contributed by atoms with Crippen molar-refractivity contribution >= 4 is 29.4 Å². The molecule has 2 fully saturated rings. The molecule has 1 aromatic carbocycles. The van der Waals surface area contributed by atoms with E-state index in [0.29, 0.717) is 17.7 Å². The largest absolute Gasteiger partial charge is 0.469 e. The zero-order valence-corrected chi connectivity index (χ0v) is 15.7. The maximum absolute atomic E-state index is 13.2. The average Bonchev–Trinajstić information content (AvgIpc) is 3.47. The number of rotatable bonds is 6. The van der Waals surface area contributed by atoms with Crippen LogP contribution in [0.25, 0.3) is 0 Å². The summed E-state index contributed by atoms with van der Waals surface area (Å²) < 4.78 is 10.0. The molecule has 1 aliphatic carbocycles. The van der Waals surface area contributed by atoms with Gasteiger partial charge in [0.1, 0.15) is 0 Å². The zero-order chi connectivity index (χ0) is 19.9. The van der Waals surface area contributed by atoms with Crippen molar-refractivity contribution in [1.82, 2.24) is 4.90 Å². The lowest BCUT2D eigenvalue weighted by Gasteiger charge is -2.48. The van der Waals surface area contributed by atoms with Crippen molar-refractivity contribution in [3.63, 3.8) is 0 Å². The molecule has 0 bridgehead atoms. The average molecular weight is 386 g/mol. The van der Waals surface area contributed by atoms with Crippen molar-refractivity contribution in [3.05, 3.63) is 29.8 Å². The maximum Gasteiger partial charge on any atom is 0.353 e. The molecule has 8 heteroatoms. The number of carbonyl (C=O) groups excluding carboxylic acids is 4. The smallest absolute Gasteiger partial charge is 0.353 e. The van der Waals surface area contributed by atoms with Gasteiger partial charge in [-0.3, -0.25) is 19.3 Å². The Labute approximate surface area is 162 Å². The van der Waals surface area contributed by atoms with Crippen molar-refractivity contribution < 1.29 is 28.7 Å². The molecule has 2 aliphatic heterocycles. The van der Waals surface area contributed by atoms with E-state index >= 15 is 0 Å². The van der Waals surface area contributed by atoms with E-state index in [1.54, 1.807) is 29.2 Å². The summed E-state index contributed by atoms with van der Waals surface area (Å²) in [5.74, 6) is -1.43. The summed E-state index contributed by atoms with van der Waals surface area (Å²) in [6.07, 6.45) is 2.42. The number of nitrogens with zero attached hydrogens (tertiary/aromatic N) is 2. The molecule has 0 N–H and O–H groups in total. The molecule has 1 saturated carbocycles. The van der Waals surface area contributed by atoms with E-state index in [0.717, 1.165) is 12.8 Å². The first kappa shape index (κ1) is 18.5. The van der Waals surface area contributed by atoms with Crippen molar-refractivity contribution in [2.45, 2.75) is 50.2 Å². The van der Waals surface area contributed by atoms with Crippen LogP contribution in [0, 0.1) is 0 Å². The lowest BCUT2D eigenvalue weighted by Crippen LogP contribution is -2.69. The first-order valence-corrected chi connectivity index (χ1v) is 9.50. The predicted octanol–water partition coefficient (Wildman–Crippen LogP) is 1.62. The fourth-order valence-electron chi connectivity index (χ4n) is 4.11. The molecule has 0 spiro atoms. The molecule has 148 valence electrons. The fraction of sp³-hybridized carbons (Fsp3) is 0.500. The van der Waals surface area contributed by atoms with Crippen LogP contribution in [0.1, 0.15) is 48.9 Å². The minimum absolute atomic E-state index is 0.0199. The third-order valence-electron chi connectivity index (χ3n) is 5.52. The molecular formula is C20H22N2O6. The van der Waals surface area contributed by atoms with E-state index in [1.807, 2.05) is 0 Å². The number of fused-ring (bicyclic) bond motifs is 3. The van der Waals surface area contributed by atoms with Crippen LogP contribution >= 0.6 is 0 Å². The topological polar surface area (TPSA) is 93.2 Å². The Bertz CT molecular complexity index is 849. The van der Waals surface area contributed by atoms with Crippen LogP contribution in [0.2, 0.25) is 0 Å². The number of amides is 2. The van der Waals surface area contributed by atoms with Gasteiger partial charge in [-0.25, -0.2) is 4.79 Å². The molecule has 0 unspecified atom stereocenters. The SMILES string of the molecule is COC(=O)CCCOC(=O)[C@]12CCC(=O)N1c1ccccc1C(=O)N2C1CC1. The summed E-state index contributed by atoms with van der Waals surface area (Å²) in [5, 5.41) is 0. The van der Waals surface area contributed by atoms with Gasteiger partial charge < -0.3 is 14.4 Å². The molecule has 8 nitrogen and oxygen atoms in total. The zero-order valence-electron chi connectivity index (χ0n) is 15.7. The normalized spacial score (nSPS) is 23.3. The van der Waals surface area contributed by atoms with Gasteiger partial charge in [0.25, 0.3) is 5.91 Å². The lowest BCUT2D eigenvalue weighted by atomic mass is 9.96. The number of benzene rings is 1. The van der Waals surface area contributed by atoms with Crippen LogP contribution in [0.15, 0.2) is 24.3 Å². The second-order valence-electron chi connectivity index (χ2n) is 7.28. The van der Waals surface area contributed by atoms with Gasteiger partial charge in [-0.05, 0) is 31.4 Å². The van der Waals surface area contributed by atoms with Gasteiger partial charge in [0.15, 0.2) is 0 Å². The van der Waals surface area contributed by atoms with E-state index < -0.39 is 11.6 Å². The summed E-state index contributed by atoms with van der Waals surface area (Å²) in [7, 11) is 1.30. The molecule has 2 amide bonds. The minimum atomic E-state index is -1.44. The van der Waals surface area contributed by atoms with Gasteiger partial charge in [0.2, 0.25) is 11.6 Å². The predicted molar refractivity (Wildman–Crippen MR) is 97.3 cm³/mol. The van der Waals surface area contributed by atoms with Crippen LogP contribution in [0.4, 0.5) is 5.69 Å². The monoisotopic (exact) mass is 386 g/mol. The van der Waals surface area contributed by atoms with Crippen LogP contribution in [0.5, 0.6) is 0 Å². The number of hydrogen-bond acceptors (Lipinski definition) is 6. The van der Waals surface area contributed by atoms with Crippen LogP contribution in [-0.2, 0) is 23.9 Å². The number of esters is 2. The van der Waals surface area contributed by atoms with Gasteiger partial charge in [0, 0.05) is 25.3 Å². The quantitative estimate of drug-likeness (QED) is 0.545. The van der Waals surface area contributed by atoms with E-state index in [4.69, 9.17) is 4.74 Å². The van der Waals surface area contributed by atoms with E-state index in [-0.39, 0.29) is 49.7 Å². The van der Waals surface area contributed by atoms with Crippen LogP contribution in [-0.4, -0.2) is 54.1 Å². The highest BCUT2D eigenvalue weighted by atomic mass is 16.5. The lowest BCUT2D eigenvalue weighted by molar-refractivity contribution is -0.158. The third kappa shape index (κ3) is 2.75. The molecule has 1 aromatic rings. The maximum atomic E-state index is 13.2. The summed E-state index contributed by atoms with van der Waals surface area (Å²) in [6.45, 7) is 0.0199. The first-order chi connectivity index (χ1) is 13.5. The summed E-state index contributed by atoms with van der Waals surface area (Å²) in [4.78, 5) is 53.5. The summed E-state index contributed by atoms with van der Waals surface area (Å²) in [5.41, 5.74) is -0.549. The van der Waals surface area contributed by atoms with Crippen LogP contribution < -0.4 is 4.90 Å². The van der Waals surface area contributed by atoms with Gasteiger partial charge in [-0.1, -0.05) is 12.1 Å². The second-order valence-corrected chi connectivity index (χ2v) is 7.28. The summed E-state index contributed by atoms with van der Waals surface area (Å²) in [6, 6.07) is 6.80. The van der Waals surface area contributed by atoms with Crippen molar-refractivity contribution in [3.8, 4) is 0 Å². The Morgan fingerprint density at radius 2 is 1.96 bits per heavy atom. The molecule has 3 aliphatic rings. The van der Waals surface area contributed by atoms with E-state index in [1.165, 1.54) is 12.0 Å². The Hall–Kier alpha value is -2.90. The number of anilines is 1. The molecule has 4 rings (SSSR count). The van der Waals surface area contributed by atoms with Crippen molar-refractivity contribution in [2.24, 2.45) is 0 Å². The molecule has 28 heavy (non-hydrogen) atoms. The van der Waals surface area contributed by atoms with Gasteiger partial charge in [-0.2, -0.15) is 0 Å². The highest BCUT2D eigenvalue weighted by Gasteiger charge is 2.64. The van der Waals surface area contributed by atoms with E-state index in [2.05, 4.69) is 4.74 Å². The molecule has 2 heterocycles.